The van der Waals surface area contributed by atoms with Gasteiger partial charge in [-0.15, -0.1) is 0 Å². The van der Waals surface area contributed by atoms with Gasteiger partial charge in [-0.3, -0.25) is 4.79 Å². The third kappa shape index (κ3) is 4.67. The fourth-order valence-corrected chi connectivity index (χ4v) is 2.84. The maximum atomic E-state index is 12.4. The summed E-state index contributed by atoms with van der Waals surface area (Å²) in [6.07, 6.45) is 0.186. The van der Waals surface area contributed by atoms with Crippen LogP contribution in [0.15, 0.2) is 12.1 Å². The molecule has 0 spiro atoms. The molecule has 0 aliphatic heterocycles. The van der Waals surface area contributed by atoms with Crippen molar-refractivity contribution in [3.8, 4) is 11.5 Å². The van der Waals surface area contributed by atoms with Crippen molar-refractivity contribution in [2.24, 2.45) is 0 Å². The minimum Gasteiger partial charge on any atom is -0.467 e. The monoisotopic (exact) mass is 472 g/mol. The van der Waals surface area contributed by atoms with Crippen LogP contribution in [-0.4, -0.2) is 27.3 Å². The van der Waals surface area contributed by atoms with Gasteiger partial charge in [0.15, 0.2) is 12.0 Å². The first-order valence-corrected chi connectivity index (χ1v) is 10.7. The largest absolute Gasteiger partial charge is 0.534 e. The van der Waals surface area contributed by atoms with Crippen LogP contribution in [0.1, 0.15) is 15.9 Å². The van der Waals surface area contributed by atoms with E-state index in [4.69, 9.17) is 9.26 Å². The lowest BCUT2D eigenvalue weighted by molar-refractivity contribution is -0.0500. The zero-order valence-electron chi connectivity index (χ0n) is 10.8. The molecular formula is C10H9F3IO6PS. The number of carbonyl (C=O) groups is 1. The third-order valence-corrected chi connectivity index (χ3v) is 4.20. The molecule has 0 aliphatic carbocycles. The van der Waals surface area contributed by atoms with E-state index in [-0.39, 0.29) is 36.2 Å². The fraction of sp³-hybridized carbons (Fsp3) is 0.300. The Labute approximate surface area is 138 Å². The first-order valence-electron chi connectivity index (χ1n) is 5.30. The molecule has 0 amide bonds. The van der Waals surface area contributed by atoms with Crippen molar-refractivity contribution in [2.45, 2.75) is 12.1 Å². The summed E-state index contributed by atoms with van der Waals surface area (Å²) >= 11 is 1.86. The highest BCUT2D eigenvalue weighted by Gasteiger charge is 2.49. The average Bonchev–Trinajstić information content (AvgIpc) is 2.37. The molecule has 1 unspecified atom stereocenters. The quantitative estimate of drug-likeness (QED) is 0.200. The van der Waals surface area contributed by atoms with Gasteiger partial charge in [0, 0.05) is 13.2 Å². The lowest BCUT2D eigenvalue weighted by atomic mass is 10.1. The smallest absolute Gasteiger partial charge is 0.467 e. The standard InChI is InChI=1S/C10H9F3IO6PS/c1-18-5-6-2-7(19-21-14)3-9(8(6)4-15)20-22(16,17)10(11,12)13/h2-4,21H,5H2,1H3. The van der Waals surface area contributed by atoms with Crippen LogP contribution in [0.2, 0.25) is 0 Å². The van der Waals surface area contributed by atoms with Crippen molar-refractivity contribution in [3.05, 3.63) is 23.3 Å². The third-order valence-electron chi connectivity index (χ3n) is 2.26. The van der Waals surface area contributed by atoms with Gasteiger partial charge in [0.25, 0.3) is 0 Å². The molecule has 0 heterocycles. The van der Waals surface area contributed by atoms with Crippen LogP contribution in [-0.2, 0) is 21.5 Å². The van der Waals surface area contributed by atoms with E-state index in [0.29, 0.717) is 0 Å². The molecule has 0 aromatic heterocycles. The topological polar surface area (TPSA) is 78.9 Å². The summed E-state index contributed by atoms with van der Waals surface area (Å²) in [6.45, 7) is -0.223. The molecule has 1 rings (SSSR count). The van der Waals surface area contributed by atoms with Gasteiger partial charge >= 0.3 is 15.6 Å². The molecule has 0 bridgehead atoms. The minimum atomic E-state index is -5.90. The number of hydrogen-bond acceptors (Lipinski definition) is 6. The Morgan fingerprint density at radius 3 is 2.45 bits per heavy atom. The summed E-state index contributed by atoms with van der Waals surface area (Å²) in [5.41, 5.74) is -5.84. The first-order chi connectivity index (χ1) is 10.2. The van der Waals surface area contributed by atoms with Gasteiger partial charge < -0.3 is 13.4 Å². The van der Waals surface area contributed by atoms with Crippen molar-refractivity contribution in [2.75, 3.05) is 7.11 Å². The molecule has 0 saturated carbocycles. The second kappa shape index (κ2) is 7.75. The number of carbonyl (C=O) groups excluding carboxylic acids is 1. The second-order valence-electron chi connectivity index (χ2n) is 3.71. The molecule has 22 heavy (non-hydrogen) atoms. The molecule has 1 aromatic carbocycles. The predicted octanol–water partition coefficient (Wildman–Crippen LogP) is 3.20. The Morgan fingerprint density at radius 1 is 1.36 bits per heavy atom. The summed E-state index contributed by atoms with van der Waals surface area (Å²) in [4.78, 5) is 11.1. The Hall–Kier alpha value is -0.650. The van der Waals surface area contributed by atoms with E-state index in [1.54, 1.807) is 0 Å². The number of aldehydes is 1. The highest BCUT2D eigenvalue weighted by atomic mass is 127. The zero-order chi connectivity index (χ0) is 17.0. The van der Waals surface area contributed by atoms with E-state index < -0.39 is 21.4 Å². The van der Waals surface area contributed by atoms with Gasteiger partial charge in [0.05, 0.1) is 12.2 Å². The molecule has 0 N–H and O–H groups in total. The number of benzene rings is 1. The highest BCUT2D eigenvalue weighted by molar-refractivity contribution is 14.2. The molecule has 0 saturated heterocycles. The second-order valence-corrected chi connectivity index (χ2v) is 6.92. The number of alkyl halides is 3. The summed E-state index contributed by atoms with van der Waals surface area (Å²) in [7, 11) is -4.60. The number of methoxy groups -OCH3 is 1. The van der Waals surface area contributed by atoms with E-state index in [1.165, 1.54) is 13.2 Å². The van der Waals surface area contributed by atoms with Gasteiger partial charge in [0.1, 0.15) is 12.2 Å². The normalized spacial score (nSPS) is 12.6. The summed E-state index contributed by atoms with van der Waals surface area (Å²) in [6, 6.07) is 2.25. The van der Waals surface area contributed by atoms with Gasteiger partial charge in [0.2, 0.25) is 0 Å². The van der Waals surface area contributed by atoms with Crippen molar-refractivity contribution in [1.29, 1.82) is 0 Å². The van der Waals surface area contributed by atoms with Crippen molar-refractivity contribution < 1.29 is 39.8 Å². The van der Waals surface area contributed by atoms with Crippen LogP contribution >= 0.6 is 28.5 Å². The Kier molecular flexibility index (Phi) is 6.84. The molecule has 1 aromatic rings. The number of halogens is 4. The summed E-state index contributed by atoms with van der Waals surface area (Å²) in [5.74, 6) is -0.718. The molecule has 12 heteroatoms. The maximum absolute atomic E-state index is 12.4. The van der Waals surface area contributed by atoms with Gasteiger partial charge in [-0.05, 0) is 33.7 Å². The van der Waals surface area contributed by atoms with Crippen LogP contribution < -0.4 is 8.71 Å². The molecule has 6 nitrogen and oxygen atoms in total. The number of rotatable bonds is 7. The number of ether oxygens (including phenoxy) is 1. The Balaban J connectivity index is 3.41. The van der Waals surface area contributed by atoms with Crippen molar-refractivity contribution in [3.63, 3.8) is 0 Å². The predicted molar refractivity (Wildman–Crippen MR) is 81.1 cm³/mol. The average molecular weight is 472 g/mol. The van der Waals surface area contributed by atoms with Crippen molar-refractivity contribution >= 4 is 44.9 Å². The minimum absolute atomic E-state index is 0.0535. The fourth-order valence-electron chi connectivity index (χ4n) is 1.40. The van der Waals surface area contributed by atoms with E-state index in [9.17, 15) is 26.4 Å². The molecule has 1 atom stereocenters. The number of hydrogen-bond donors (Lipinski definition) is 0. The molecule has 124 valence electrons. The molecule has 0 aliphatic rings. The van der Waals surface area contributed by atoms with Crippen LogP contribution in [0.25, 0.3) is 0 Å². The van der Waals surface area contributed by atoms with Gasteiger partial charge in [-0.1, -0.05) is 0 Å². The first kappa shape index (κ1) is 19.4. The van der Waals surface area contributed by atoms with E-state index in [2.05, 4.69) is 4.18 Å². The summed E-state index contributed by atoms with van der Waals surface area (Å²) in [5, 5.41) is 0. The van der Waals surface area contributed by atoms with Crippen LogP contribution in [0.5, 0.6) is 11.5 Å². The maximum Gasteiger partial charge on any atom is 0.534 e. The lowest BCUT2D eigenvalue weighted by Crippen LogP contribution is -2.28. The van der Waals surface area contributed by atoms with E-state index in [1.807, 2.05) is 22.0 Å². The Morgan fingerprint density at radius 2 is 2.00 bits per heavy atom. The van der Waals surface area contributed by atoms with E-state index >= 15 is 0 Å². The van der Waals surface area contributed by atoms with Crippen LogP contribution in [0, 0.1) is 0 Å². The van der Waals surface area contributed by atoms with Gasteiger partial charge in [-0.25, -0.2) is 0 Å². The molecule has 0 radical (unpaired) electrons. The van der Waals surface area contributed by atoms with Crippen LogP contribution in [0.4, 0.5) is 13.2 Å². The highest BCUT2D eigenvalue weighted by Crippen LogP contribution is 2.36. The SMILES string of the molecule is COCc1cc(OPI)cc(OS(=O)(=O)C(F)(F)F)c1C=O. The van der Waals surface area contributed by atoms with Crippen molar-refractivity contribution in [1.82, 2.24) is 0 Å². The molecule has 0 fully saturated rings. The lowest BCUT2D eigenvalue weighted by Gasteiger charge is -2.15. The molecular weight excluding hydrogens is 463 g/mol. The summed E-state index contributed by atoms with van der Waals surface area (Å²) < 4.78 is 73.3. The Bertz CT molecular complexity index is 649. The van der Waals surface area contributed by atoms with Crippen LogP contribution in [0.3, 0.4) is 0 Å². The zero-order valence-corrected chi connectivity index (χ0v) is 14.8. The van der Waals surface area contributed by atoms with E-state index in [0.717, 1.165) is 6.07 Å². The van der Waals surface area contributed by atoms with Gasteiger partial charge in [-0.2, -0.15) is 21.6 Å².